The third-order valence-electron chi connectivity index (χ3n) is 3.54. The van der Waals surface area contributed by atoms with Crippen LogP contribution in [0.4, 0.5) is 0 Å². The van der Waals surface area contributed by atoms with Gasteiger partial charge in [-0.2, -0.15) is 0 Å². The van der Waals surface area contributed by atoms with Gasteiger partial charge in [-0.25, -0.2) is 0 Å². The Hall–Kier alpha value is -0.370. The highest BCUT2D eigenvalue weighted by atomic mass is 16.5. The lowest BCUT2D eigenvalue weighted by atomic mass is 10.1. The molecule has 2 unspecified atom stereocenters. The van der Waals surface area contributed by atoms with Gasteiger partial charge in [-0.05, 0) is 24.2 Å². The molecule has 3 aliphatic carbocycles. The Morgan fingerprint density at radius 1 is 1.60 bits per heavy atom. The van der Waals surface area contributed by atoms with Crippen molar-refractivity contribution in [1.82, 2.24) is 0 Å². The molecule has 0 radical (unpaired) electrons. The molecule has 3 fully saturated rings. The summed E-state index contributed by atoms with van der Waals surface area (Å²) in [5, 5.41) is 0. The highest BCUT2D eigenvalue weighted by Gasteiger charge is 2.81. The van der Waals surface area contributed by atoms with Crippen LogP contribution in [-0.4, -0.2) is 19.0 Å². The van der Waals surface area contributed by atoms with Crippen molar-refractivity contribution in [3.63, 3.8) is 0 Å². The zero-order chi connectivity index (χ0) is 6.93. The van der Waals surface area contributed by atoms with Crippen molar-refractivity contribution >= 4 is 5.78 Å². The Balaban J connectivity index is 1.96. The molecule has 0 saturated heterocycles. The molecule has 0 N–H and O–H groups in total. The molecule has 3 saturated carbocycles. The van der Waals surface area contributed by atoms with Crippen molar-refractivity contribution in [3.8, 4) is 0 Å². The normalized spacial score (nSPS) is 61.7. The molecule has 0 aliphatic heterocycles. The number of ketones is 1. The van der Waals surface area contributed by atoms with Crippen molar-refractivity contribution in [2.45, 2.75) is 18.9 Å². The highest BCUT2D eigenvalue weighted by Crippen LogP contribution is 2.80. The summed E-state index contributed by atoms with van der Waals surface area (Å²) in [5.74, 6) is 1.43. The minimum atomic E-state index is -0.0150. The SMILES string of the molecule is COC1C(=O)[C@@H]2CC23C[C@@H]13. The monoisotopic (exact) mass is 138 g/mol. The Bertz CT molecular complexity index is 223. The molecule has 0 amide bonds. The summed E-state index contributed by atoms with van der Waals surface area (Å²) in [5.41, 5.74) is 0.498. The van der Waals surface area contributed by atoms with Crippen LogP contribution in [0.15, 0.2) is 0 Å². The second kappa shape index (κ2) is 1.18. The zero-order valence-electron chi connectivity index (χ0n) is 5.96. The quantitative estimate of drug-likeness (QED) is 0.530. The van der Waals surface area contributed by atoms with Crippen molar-refractivity contribution < 1.29 is 9.53 Å². The van der Waals surface area contributed by atoms with E-state index in [1.165, 1.54) is 12.8 Å². The number of ether oxygens (including phenoxy) is 1. The summed E-state index contributed by atoms with van der Waals surface area (Å²) in [7, 11) is 1.65. The van der Waals surface area contributed by atoms with Crippen LogP contribution in [0.1, 0.15) is 12.8 Å². The fourth-order valence-electron chi connectivity index (χ4n) is 2.78. The van der Waals surface area contributed by atoms with Gasteiger partial charge in [0.15, 0.2) is 5.78 Å². The average molecular weight is 138 g/mol. The molecule has 0 aromatic rings. The van der Waals surface area contributed by atoms with Gasteiger partial charge >= 0.3 is 0 Å². The second-order valence-electron chi connectivity index (χ2n) is 3.86. The van der Waals surface area contributed by atoms with E-state index in [2.05, 4.69) is 0 Å². The van der Waals surface area contributed by atoms with Gasteiger partial charge in [0.2, 0.25) is 0 Å². The van der Waals surface area contributed by atoms with E-state index in [9.17, 15) is 4.79 Å². The molecular formula is C8H10O2. The second-order valence-corrected chi connectivity index (χ2v) is 3.86. The molecule has 0 aromatic heterocycles. The topological polar surface area (TPSA) is 26.3 Å². The lowest BCUT2D eigenvalue weighted by molar-refractivity contribution is -0.129. The van der Waals surface area contributed by atoms with Crippen LogP contribution in [-0.2, 0) is 9.53 Å². The maximum atomic E-state index is 11.3. The molecule has 2 heteroatoms. The van der Waals surface area contributed by atoms with E-state index in [-0.39, 0.29) is 6.10 Å². The molecule has 2 nitrogen and oxygen atoms in total. The van der Waals surface area contributed by atoms with Crippen molar-refractivity contribution in [1.29, 1.82) is 0 Å². The lowest BCUT2D eigenvalue weighted by Gasteiger charge is -2.08. The maximum absolute atomic E-state index is 11.3. The number of carbonyl (C=O) groups excluding carboxylic acids is 1. The number of rotatable bonds is 1. The first kappa shape index (κ1) is 5.30. The summed E-state index contributed by atoms with van der Waals surface area (Å²) in [6.07, 6.45) is 2.43. The molecule has 3 rings (SSSR count). The van der Waals surface area contributed by atoms with E-state index in [4.69, 9.17) is 4.74 Å². The third-order valence-corrected chi connectivity index (χ3v) is 3.54. The van der Waals surface area contributed by atoms with Gasteiger partial charge in [-0.3, -0.25) is 4.79 Å². The molecule has 10 heavy (non-hydrogen) atoms. The molecule has 0 aromatic carbocycles. The predicted octanol–water partition coefficient (Wildman–Crippen LogP) is 0.610. The number of hydrogen-bond donors (Lipinski definition) is 0. The molecule has 4 atom stereocenters. The number of hydrogen-bond acceptors (Lipinski definition) is 2. The third kappa shape index (κ3) is 0.335. The highest BCUT2D eigenvalue weighted by molar-refractivity contribution is 5.94. The molecule has 1 spiro atoms. The van der Waals surface area contributed by atoms with Crippen LogP contribution < -0.4 is 0 Å². The van der Waals surface area contributed by atoms with Gasteiger partial charge in [0.25, 0.3) is 0 Å². The summed E-state index contributed by atoms with van der Waals surface area (Å²) in [6.45, 7) is 0. The number of methoxy groups -OCH3 is 1. The molecule has 0 bridgehead atoms. The van der Waals surface area contributed by atoms with E-state index >= 15 is 0 Å². The van der Waals surface area contributed by atoms with E-state index in [0.717, 1.165) is 0 Å². The summed E-state index contributed by atoms with van der Waals surface area (Å²) in [4.78, 5) is 11.3. The van der Waals surface area contributed by atoms with Crippen LogP contribution in [0.25, 0.3) is 0 Å². The molecule has 54 valence electrons. The Labute approximate surface area is 59.6 Å². The summed E-state index contributed by atoms with van der Waals surface area (Å²) >= 11 is 0. The van der Waals surface area contributed by atoms with Gasteiger partial charge in [0.1, 0.15) is 6.10 Å². The molecular weight excluding hydrogens is 128 g/mol. The Kier molecular flexibility index (Phi) is 0.626. The number of Topliss-reactive ketones (excluding diaryl/α,β-unsaturated/α-hetero) is 1. The summed E-state index contributed by atoms with van der Waals surface area (Å²) in [6, 6.07) is 0. The number of carbonyl (C=O) groups is 1. The van der Waals surface area contributed by atoms with Crippen molar-refractivity contribution in [3.05, 3.63) is 0 Å². The van der Waals surface area contributed by atoms with E-state index in [1.807, 2.05) is 0 Å². The van der Waals surface area contributed by atoms with Crippen molar-refractivity contribution in [2.75, 3.05) is 7.11 Å². The fraction of sp³-hybridized carbons (Fsp3) is 0.875. The zero-order valence-corrected chi connectivity index (χ0v) is 5.96. The lowest BCUT2D eigenvalue weighted by Crippen LogP contribution is -2.23. The first-order valence-electron chi connectivity index (χ1n) is 3.86. The van der Waals surface area contributed by atoms with Crippen LogP contribution in [0.3, 0.4) is 0 Å². The van der Waals surface area contributed by atoms with Gasteiger partial charge in [0, 0.05) is 13.0 Å². The first-order valence-corrected chi connectivity index (χ1v) is 3.86. The van der Waals surface area contributed by atoms with Gasteiger partial charge < -0.3 is 4.74 Å². The fourth-order valence-corrected chi connectivity index (χ4v) is 2.78. The largest absolute Gasteiger partial charge is 0.373 e. The van der Waals surface area contributed by atoms with E-state index in [0.29, 0.717) is 23.0 Å². The standard InChI is InChI=1S/C8H10O2/c1-10-7-5-3-8(5)2-4(8)6(7)9/h4-5,7H,2-3H2,1H3/t4-,5-,7?,8?/m0/s1. The molecule has 3 aliphatic rings. The minimum absolute atomic E-state index is 0.0150. The van der Waals surface area contributed by atoms with E-state index < -0.39 is 0 Å². The van der Waals surface area contributed by atoms with Gasteiger partial charge in [-0.1, -0.05) is 0 Å². The minimum Gasteiger partial charge on any atom is -0.373 e. The summed E-state index contributed by atoms with van der Waals surface area (Å²) < 4.78 is 5.12. The smallest absolute Gasteiger partial charge is 0.165 e. The maximum Gasteiger partial charge on any atom is 0.165 e. The Morgan fingerprint density at radius 2 is 2.40 bits per heavy atom. The average Bonchev–Trinajstić information content (AvgIpc) is 2.75. The van der Waals surface area contributed by atoms with Crippen LogP contribution in [0.5, 0.6) is 0 Å². The Morgan fingerprint density at radius 3 is 2.80 bits per heavy atom. The van der Waals surface area contributed by atoms with E-state index in [1.54, 1.807) is 7.11 Å². The van der Waals surface area contributed by atoms with Crippen LogP contribution in [0.2, 0.25) is 0 Å². The van der Waals surface area contributed by atoms with Crippen LogP contribution in [0, 0.1) is 17.3 Å². The predicted molar refractivity (Wildman–Crippen MR) is 34.5 cm³/mol. The van der Waals surface area contributed by atoms with Gasteiger partial charge in [-0.15, -0.1) is 0 Å². The van der Waals surface area contributed by atoms with Crippen LogP contribution >= 0.6 is 0 Å². The first-order chi connectivity index (χ1) is 4.79. The van der Waals surface area contributed by atoms with Crippen molar-refractivity contribution in [2.24, 2.45) is 17.3 Å². The van der Waals surface area contributed by atoms with Gasteiger partial charge in [0.05, 0.1) is 0 Å². The molecule has 0 heterocycles.